The van der Waals surface area contributed by atoms with E-state index < -0.39 is 0 Å². The number of ether oxygens (including phenoxy) is 1. The first-order valence-corrected chi connectivity index (χ1v) is 3.30. The highest BCUT2D eigenvalue weighted by molar-refractivity contribution is 5.87. The van der Waals surface area contributed by atoms with Crippen molar-refractivity contribution in [2.24, 2.45) is 11.8 Å². The van der Waals surface area contributed by atoms with Gasteiger partial charge in [0.1, 0.15) is 12.4 Å². The number of hydrogen-bond donors (Lipinski definition) is 0. The number of esters is 1. The molecule has 0 bridgehead atoms. The van der Waals surface area contributed by atoms with E-state index in [2.05, 4.69) is 4.74 Å². The predicted octanol–water partition coefficient (Wildman–Crippen LogP) is 0.384. The van der Waals surface area contributed by atoms with Crippen molar-refractivity contribution in [1.82, 2.24) is 0 Å². The van der Waals surface area contributed by atoms with Crippen molar-refractivity contribution < 1.29 is 14.3 Å². The first-order valence-electron chi connectivity index (χ1n) is 3.30. The molecule has 1 saturated heterocycles. The summed E-state index contributed by atoms with van der Waals surface area (Å²) in [6.45, 7) is 3.49. The Kier molecular flexibility index (Phi) is 1.74. The largest absolute Gasteiger partial charge is 0.465 e. The van der Waals surface area contributed by atoms with Crippen LogP contribution in [-0.2, 0) is 14.3 Å². The van der Waals surface area contributed by atoms with Crippen molar-refractivity contribution >= 4 is 11.8 Å². The van der Waals surface area contributed by atoms with E-state index in [1.165, 1.54) is 6.92 Å². The van der Waals surface area contributed by atoms with E-state index in [9.17, 15) is 9.59 Å². The van der Waals surface area contributed by atoms with Crippen LogP contribution < -0.4 is 0 Å². The van der Waals surface area contributed by atoms with Crippen molar-refractivity contribution in [3.8, 4) is 0 Å². The molecule has 0 spiro atoms. The minimum Gasteiger partial charge on any atom is -0.465 e. The molecular weight excluding hydrogens is 132 g/mol. The molecule has 1 rings (SSSR count). The number of hydrogen-bond acceptors (Lipinski definition) is 3. The highest BCUT2D eigenvalue weighted by Gasteiger charge is 2.35. The highest BCUT2D eigenvalue weighted by Crippen LogP contribution is 2.21. The molecule has 1 heterocycles. The molecule has 1 fully saturated rings. The molecule has 2 unspecified atom stereocenters. The summed E-state index contributed by atoms with van der Waals surface area (Å²) in [7, 11) is 0. The van der Waals surface area contributed by atoms with Gasteiger partial charge in [-0.2, -0.15) is 0 Å². The maximum absolute atomic E-state index is 10.8. The predicted molar refractivity (Wildman–Crippen MR) is 34.3 cm³/mol. The van der Waals surface area contributed by atoms with Gasteiger partial charge in [-0.3, -0.25) is 9.59 Å². The Balaban J connectivity index is 2.66. The summed E-state index contributed by atoms with van der Waals surface area (Å²) < 4.78 is 4.68. The molecule has 0 radical (unpaired) electrons. The SMILES string of the molecule is CC(=O)C1COC(=O)C1C. The van der Waals surface area contributed by atoms with Crippen LogP contribution in [0, 0.1) is 11.8 Å². The second-order valence-corrected chi connectivity index (χ2v) is 2.64. The van der Waals surface area contributed by atoms with Gasteiger partial charge in [-0.05, 0) is 6.92 Å². The Labute approximate surface area is 59.4 Å². The van der Waals surface area contributed by atoms with Crippen molar-refractivity contribution in [2.75, 3.05) is 6.61 Å². The van der Waals surface area contributed by atoms with Gasteiger partial charge in [0.25, 0.3) is 0 Å². The lowest BCUT2D eigenvalue weighted by molar-refractivity contribution is -0.141. The third kappa shape index (κ3) is 1.03. The number of ketones is 1. The van der Waals surface area contributed by atoms with Gasteiger partial charge in [0, 0.05) is 0 Å². The Bertz CT molecular complexity index is 174. The molecule has 3 heteroatoms. The Morgan fingerprint density at radius 3 is 2.50 bits per heavy atom. The van der Waals surface area contributed by atoms with Gasteiger partial charge in [-0.15, -0.1) is 0 Å². The zero-order chi connectivity index (χ0) is 7.72. The van der Waals surface area contributed by atoms with Crippen LogP contribution in [0.15, 0.2) is 0 Å². The molecule has 0 aromatic rings. The molecule has 1 aliphatic heterocycles. The molecule has 0 aromatic heterocycles. The molecule has 3 nitrogen and oxygen atoms in total. The Morgan fingerprint density at radius 2 is 2.30 bits per heavy atom. The molecule has 0 saturated carbocycles. The maximum Gasteiger partial charge on any atom is 0.309 e. The van der Waals surface area contributed by atoms with Gasteiger partial charge >= 0.3 is 5.97 Å². The number of cyclic esters (lactones) is 1. The van der Waals surface area contributed by atoms with Crippen LogP contribution in [0.5, 0.6) is 0 Å². The quantitative estimate of drug-likeness (QED) is 0.497. The third-order valence-electron chi connectivity index (χ3n) is 1.90. The summed E-state index contributed by atoms with van der Waals surface area (Å²) in [6, 6.07) is 0. The standard InChI is InChI=1S/C7H10O3/c1-4-6(5(2)8)3-10-7(4)9/h4,6H,3H2,1-2H3. The number of Topliss-reactive ketones (excluding diaryl/α,β-unsaturated/α-hetero) is 1. The molecule has 10 heavy (non-hydrogen) atoms. The zero-order valence-electron chi connectivity index (χ0n) is 6.09. The number of carbonyl (C=O) groups excluding carboxylic acids is 2. The van der Waals surface area contributed by atoms with Crippen LogP contribution in [-0.4, -0.2) is 18.4 Å². The molecule has 2 atom stereocenters. The van der Waals surface area contributed by atoms with Crippen LogP contribution in [0.3, 0.4) is 0 Å². The van der Waals surface area contributed by atoms with Gasteiger partial charge in [0.2, 0.25) is 0 Å². The summed E-state index contributed by atoms with van der Waals surface area (Å²) in [5.74, 6) is -0.649. The van der Waals surface area contributed by atoms with Crippen molar-refractivity contribution in [2.45, 2.75) is 13.8 Å². The van der Waals surface area contributed by atoms with Crippen LogP contribution in [0.25, 0.3) is 0 Å². The second-order valence-electron chi connectivity index (χ2n) is 2.64. The first kappa shape index (κ1) is 7.25. The van der Waals surface area contributed by atoms with Gasteiger partial charge in [0.05, 0.1) is 11.8 Å². The van der Waals surface area contributed by atoms with Crippen molar-refractivity contribution in [3.05, 3.63) is 0 Å². The normalized spacial score (nSPS) is 32.0. The molecule has 0 aromatic carbocycles. The first-order chi connectivity index (χ1) is 4.63. The maximum atomic E-state index is 10.8. The fourth-order valence-electron chi connectivity index (χ4n) is 1.08. The highest BCUT2D eigenvalue weighted by atomic mass is 16.5. The Morgan fingerprint density at radius 1 is 1.70 bits per heavy atom. The zero-order valence-corrected chi connectivity index (χ0v) is 6.09. The molecule has 0 amide bonds. The summed E-state index contributed by atoms with van der Waals surface area (Å²) in [4.78, 5) is 21.5. The van der Waals surface area contributed by atoms with Crippen molar-refractivity contribution in [3.63, 3.8) is 0 Å². The topological polar surface area (TPSA) is 43.4 Å². The van der Waals surface area contributed by atoms with Gasteiger partial charge in [-0.1, -0.05) is 6.92 Å². The average Bonchev–Trinajstić information content (AvgIpc) is 2.14. The average molecular weight is 142 g/mol. The van der Waals surface area contributed by atoms with Crippen LogP contribution >= 0.6 is 0 Å². The summed E-state index contributed by atoms with van der Waals surface area (Å²) >= 11 is 0. The van der Waals surface area contributed by atoms with Gasteiger partial charge in [-0.25, -0.2) is 0 Å². The van der Waals surface area contributed by atoms with Gasteiger partial charge < -0.3 is 4.74 Å². The number of rotatable bonds is 1. The van der Waals surface area contributed by atoms with E-state index in [1.807, 2.05) is 0 Å². The van der Waals surface area contributed by atoms with Crippen molar-refractivity contribution in [1.29, 1.82) is 0 Å². The molecule has 1 aliphatic rings. The number of carbonyl (C=O) groups is 2. The van der Waals surface area contributed by atoms with E-state index in [1.54, 1.807) is 6.92 Å². The summed E-state index contributed by atoms with van der Waals surface area (Å²) in [5.41, 5.74) is 0. The van der Waals surface area contributed by atoms with E-state index in [4.69, 9.17) is 0 Å². The van der Waals surface area contributed by atoms with Crippen LogP contribution in [0.4, 0.5) is 0 Å². The molecule has 0 aliphatic carbocycles. The molecule has 56 valence electrons. The van der Waals surface area contributed by atoms with Gasteiger partial charge in [0.15, 0.2) is 0 Å². The Hall–Kier alpha value is -0.860. The van der Waals surface area contributed by atoms with E-state index in [-0.39, 0.29) is 30.2 Å². The lowest BCUT2D eigenvalue weighted by Gasteiger charge is -2.03. The summed E-state index contributed by atoms with van der Waals surface area (Å²) in [6.07, 6.45) is 0. The van der Waals surface area contributed by atoms with Crippen LogP contribution in [0.2, 0.25) is 0 Å². The molecule has 0 N–H and O–H groups in total. The lowest BCUT2D eigenvalue weighted by Crippen LogP contribution is -2.18. The molecular formula is C7H10O3. The third-order valence-corrected chi connectivity index (χ3v) is 1.90. The summed E-state index contributed by atoms with van der Waals surface area (Å²) in [5, 5.41) is 0. The van der Waals surface area contributed by atoms with E-state index in [0.29, 0.717) is 0 Å². The monoisotopic (exact) mass is 142 g/mol. The minimum absolute atomic E-state index is 0.0401. The smallest absolute Gasteiger partial charge is 0.309 e. The van der Waals surface area contributed by atoms with E-state index >= 15 is 0 Å². The minimum atomic E-state index is -0.250. The van der Waals surface area contributed by atoms with Crippen LogP contribution in [0.1, 0.15) is 13.8 Å². The van der Waals surface area contributed by atoms with E-state index in [0.717, 1.165) is 0 Å². The fraction of sp³-hybridized carbons (Fsp3) is 0.714. The fourth-order valence-corrected chi connectivity index (χ4v) is 1.08. The second kappa shape index (κ2) is 2.40. The lowest BCUT2D eigenvalue weighted by atomic mass is 9.94.